The SMILES string of the molecule is CCC1(CC)CC(C)(C)N(c2c(C(C)C)cccc2C(C)C)C1(F)c1c(F)c(F)nc(F)c1F. The summed E-state index contributed by atoms with van der Waals surface area (Å²) in [5.74, 6) is -10.2. The topological polar surface area (TPSA) is 16.1 Å². The summed E-state index contributed by atoms with van der Waals surface area (Å²) in [7, 11) is 0. The zero-order chi connectivity index (χ0) is 25.8. The van der Waals surface area contributed by atoms with Crippen molar-refractivity contribution >= 4 is 5.69 Å². The van der Waals surface area contributed by atoms with E-state index in [4.69, 9.17) is 0 Å². The van der Waals surface area contributed by atoms with Crippen LogP contribution in [0.5, 0.6) is 0 Å². The molecule has 7 heteroatoms. The van der Waals surface area contributed by atoms with Gasteiger partial charge in [0.05, 0.1) is 5.56 Å². The summed E-state index contributed by atoms with van der Waals surface area (Å²) >= 11 is 0. The van der Waals surface area contributed by atoms with Crippen LogP contribution < -0.4 is 4.90 Å². The number of hydrogen-bond donors (Lipinski definition) is 0. The minimum Gasteiger partial charge on any atom is -0.329 e. The quantitative estimate of drug-likeness (QED) is 0.233. The number of anilines is 1. The highest BCUT2D eigenvalue weighted by atomic mass is 19.2. The van der Waals surface area contributed by atoms with Gasteiger partial charge in [-0.2, -0.15) is 13.8 Å². The Hall–Kier alpha value is -2.18. The van der Waals surface area contributed by atoms with Crippen molar-refractivity contribution < 1.29 is 22.0 Å². The predicted octanol–water partition coefficient (Wildman–Crippen LogP) is 8.50. The molecular formula is C27H35F5N2. The zero-order valence-electron chi connectivity index (χ0n) is 21.3. The van der Waals surface area contributed by atoms with E-state index in [1.165, 1.54) is 4.90 Å². The average molecular weight is 483 g/mol. The molecule has 1 atom stereocenters. The molecule has 1 fully saturated rings. The van der Waals surface area contributed by atoms with Gasteiger partial charge in [0.1, 0.15) is 0 Å². The van der Waals surface area contributed by atoms with Gasteiger partial charge in [0.25, 0.3) is 11.9 Å². The first-order valence-corrected chi connectivity index (χ1v) is 12.0. The molecule has 1 aliphatic heterocycles. The first-order valence-electron chi connectivity index (χ1n) is 12.0. The van der Waals surface area contributed by atoms with Gasteiger partial charge in [0.15, 0.2) is 11.6 Å². The molecule has 0 aliphatic carbocycles. The Bertz CT molecular complexity index is 1020. The van der Waals surface area contributed by atoms with Crippen LogP contribution in [0, 0.1) is 28.9 Å². The third kappa shape index (κ3) is 3.61. The summed E-state index contributed by atoms with van der Waals surface area (Å²) in [6.45, 7) is 15.0. The van der Waals surface area contributed by atoms with Gasteiger partial charge >= 0.3 is 0 Å². The molecule has 1 aromatic carbocycles. The van der Waals surface area contributed by atoms with Crippen molar-refractivity contribution in [1.82, 2.24) is 4.98 Å². The Morgan fingerprint density at radius 3 is 1.71 bits per heavy atom. The second-order valence-corrected chi connectivity index (χ2v) is 10.7. The molecule has 0 N–H and O–H groups in total. The maximum atomic E-state index is 18.1. The fraction of sp³-hybridized carbons (Fsp3) is 0.593. The molecule has 188 valence electrons. The number of benzene rings is 1. The van der Waals surface area contributed by atoms with Gasteiger partial charge in [-0.05, 0) is 56.1 Å². The zero-order valence-corrected chi connectivity index (χ0v) is 21.3. The van der Waals surface area contributed by atoms with Gasteiger partial charge in [0, 0.05) is 16.6 Å². The normalized spacial score (nSPS) is 21.7. The molecule has 3 rings (SSSR count). The Morgan fingerprint density at radius 2 is 1.32 bits per heavy atom. The summed E-state index contributed by atoms with van der Waals surface area (Å²) in [4.78, 5) is 4.11. The molecule has 1 aliphatic rings. The number of aromatic nitrogens is 1. The Kier molecular flexibility index (Phi) is 6.84. The van der Waals surface area contributed by atoms with Crippen molar-refractivity contribution in [2.75, 3.05) is 4.90 Å². The molecule has 0 amide bonds. The first kappa shape index (κ1) is 26.4. The number of para-hydroxylation sites is 1. The fourth-order valence-corrected chi connectivity index (χ4v) is 6.03. The van der Waals surface area contributed by atoms with E-state index in [1.807, 2.05) is 59.7 Å². The van der Waals surface area contributed by atoms with Gasteiger partial charge < -0.3 is 4.90 Å². The molecule has 2 nitrogen and oxygen atoms in total. The second kappa shape index (κ2) is 8.80. The lowest BCUT2D eigenvalue weighted by Gasteiger charge is -2.48. The molecule has 0 bridgehead atoms. The molecule has 0 spiro atoms. The third-order valence-electron chi connectivity index (χ3n) is 7.64. The molecule has 1 saturated heterocycles. The Morgan fingerprint density at radius 1 is 0.882 bits per heavy atom. The smallest absolute Gasteiger partial charge is 0.252 e. The first-order chi connectivity index (χ1) is 15.7. The van der Waals surface area contributed by atoms with Crippen molar-refractivity contribution in [3.8, 4) is 0 Å². The lowest BCUT2D eigenvalue weighted by Crippen LogP contribution is -2.53. The van der Waals surface area contributed by atoms with E-state index in [2.05, 4.69) is 4.98 Å². The van der Waals surface area contributed by atoms with Crippen molar-refractivity contribution in [3.05, 3.63) is 58.4 Å². The summed E-state index contributed by atoms with van der Waals surface area (Å²) in [5, 5.41) is 0. The summed E-state index contributed by atoms with van der Waals surface area (Å²) in [6.07, 6.45) is 0.661. The maximum Gasteiger partial charge on any atom is 0.252 e. The van der Waals surface area contributed by atoms with Gasteiger partial charge in [-0.1, -0.05) is 59.7 Å². The van der Waals surface area contributed by atoms with Crippen LogP contribution in [0.15, 0.2) is 18.2 Å². The maximum absolute atomic E-state index is 18.1. The number of rotatable bonds is 6. The van der Waals surface area contributed by atoms with Gasteiger partial charge in [-0.3, -0.25) is 0 Å². The van der Waals surface area contributed by atoms with Crippen LogP contribution in [-0.4, -0.2) is 10.5 Å². The van der Waals surface area contributed by atoms with Crippen molar-refractivity contribution in [3.63, 3.8) is 0 Å². The Labute approximate surface area is 199 Å². The number of nitrogens with zero attached hydrogens (tertiary/aromatic N) is 2. The standard InChI is InChI=1S/C27H35F5N2/c1-9-26(10-2)14-25(7,8)34(22-17(15(3)4)12-11-13-18(22)16(5)6)27(26,32)19-20(28)23(30)33-24(31)21(19)29/h11-13,15-16H,9-10,14H2,1-8H3. The van der Waals surface area contributed by atoms with Crippen LogP contribution in [-0.2, 0) is 5.79 Å². The van der Waals surface area contributed by atoms with E-state index in [9.17, 15) is 8.78 Å². The van der Waals surface area contributed by atoms with E-state index in [1.54, 1.807) is 13.8 Å². The molecule has 1 unspecified atom stereocenters. The van der Waals surface area contributed by atoms with Crippen LogP contribution in [0.3, 0.4) is 0 Å². The van der Waals surface area contributed by atoms with Crippen LogP contribution in [0.2, 0.25) is 0 Å². The number of hydrogen-bond acceptors (Lipinski definition) is 2. The molecule has 34 heavy (non-hydrogen) atoms. The summed E-state index contributed by atoms with van der Waals surface area (Å²) < 4.78 is 77.4. The highest BCUT2D eigenvalue weighted by Crippen LogP contribution is 2.65. The van der Waals surface area contributed by atoms with Gasteiger partial charge in [-0.15, -0.1) is 0 Å². The van der Waals surface area contributed by atoms with E-state index >= 15 is 13.2 Å². The van der Waals surface area contributed by atoms with E-state index in [0.717, 1.165) is 11.1 Å². The monoisotopic (exact) mass is 482 g/mol. The molecule has 2 heterocycles. The molecular weight excluding hydrogens is 447 g/mol. The number of pyridine rings is 1. The van der Waals surface area contributed by atoms with Crippen LogP contribution in [0.25, 0.3) is 0 Å². The minimum absolute atomic E-state index is 0.0346. The largest absolute Gasteiger partial charge is 0.329 e. The number of halogens is 5. The summed E-state index contributed by atoms with van der Waals surface area (Å²) in [5.41, 5.74) is -1.33. The fourth-order valence-electron chi connectivity index (χ4n) is 6.03. The van der Waals surface area contributed by atoms with Gasteiger partial charge in [0.2, 0.25) is 5.79 Å². The predicted molar refractivity (Wildman–Crippen MR) is 126 cm³/mol. The van der Waals surface area contributed by atoms with Crippen LogP contribution >= 0.6 is 0 Å². The summed E-state index contributed by atoms with van der Waals surface area (Å²) in [6, 6.07) is 5.64. The molecule has 1 aromatic heterocycles. The Balaban J connectivity index is 2.57. The van der Waals surface area contributed by atoms with E-state index in [0.29, 0.717) is 5.69 Å². The van der Waals surface area contributed by atoms with E-state index in [-0.39, 0.29) is 31.1 Å². The number of alkyl halides is 1. The van der Waals surface area contributed by atoms with Crippen LogP contribution in [0.1, 0.15) is 103 Å². The van der Waals surface area contributed by atoms with Crippen molar-refractivity contribution in [2.24, 2.45) is 5.41 Å². The lowest BCUT2D eigenvalue weighted by molar-refractivity contribution is 0.00203. The minimum atomic E-state index is -2.87. The third-order valence-corrected chi connectivity index (χ3v) is 7.64. The van der Waals surface area contributed by atoms with Crippen molar-refractivity contribution in [1.29, 1.82) is 0 Å². The molecule has 0 radical (unpaired) electrons. The van der Waals surface area contributed by atoms with Crippen LogP contribution in [0.4, 0.5) is 27.6 Å². The second-order valence-electron chi connectivity index (χ2n) is 10.7. The van der Waals surface area contributed by atoms with Crippen molar-refractivity contribution in [2.45, 2.75) is 97.8 Å². The average Bonchev–Trinajstić information content (AvgIpc) is 2.94. The van der Waals surface area contributed by atoms with E-state index < -0.39 is 45.8 Å². The lowest BCUT2D eigenvalue weighted by atomic mass is 9.69. The highest BCUT2D eigenvalue weighted by molar-refractivity contribution is 5.67. The molecule has 2 aromatic rings. The molecule has 0 saturated carbocycles. The van der Waals surface area contributed by atoms with Gasteiger partial charge in [-0.25, -0.2) is 13.2 Å². The highest BCUT2D eigenvalue weighted by Gasteiger charge is 2.68.